The van der Waals surface area contributed by atoms with Gasteiger partial charge in [-0.3, -0.25) is 9.79 Å². The Morgan fingerprint density at radius 1 is 1.06 bits per heavy atom. The fourth-order valence-corrected chi connectivity index (χ4v) is 3.97. The molecule has 0 spiro atoms. The van der Waals surface area contributed by atoms with Crippen molar-refractivity contribution >= 4 is 28.7 Å². The molecule has 35 heavy (non-hydrogen) atoms. The number of nitrogens with zero attached hydrogens (tertiary/aromatic N) is 2. The second-order valence-corrected chi connectivity index (χ2v) is 8.11. The molecule has 6 heteroatoms. The molecule has 0 radical (unpaired) electrons. The van der Waals surface area contributed by atoms with E-state index in [4.69, 9.17) is 4.74 Å². The molecule has 0 aliphatic carbocycles. The van der Waals surface area contributed by atoms with Crippen LogP contribution in [0.4, 0.5) is 0 Å². The minimum absolute atomic E-state index is 0.129. The van der Waals surface area contributed by atoms with Gasteiger partial charge in [0, 0.05) is 41.4 Å². The molecule has 0 saturated carbocycles. The standard InChI is InChI=1S/C27H24N4O2.C2H6/c1-17-5-3-6-19(13-17)15-30-27(32)21-7-4-8-24(18(21)2)33-25-10-12-29-26-22(25)14-23(31-26)20-9-11-28-16-20;1-2/h3-10,12-14,16H,11,15H2,1-2H3,(H,29,31)(H,30,32);1-2H3. The Kier molecular flexibility index (Phi) is 7.41. The fraction of sp³-hybridized carbons (Fsp3) is 0.207. The van der Waals surface area contributed by atoms with E-state index >= 15 is 0 Å². The van der Waals surface area contributed by atoms with Crippen molar-refractivity contribution in [3.05, 3.63) is 94.8 Å². The number of aromatic nitrogens is 2. The first-order chi connectivity index (χ1) is 17.1. The Morgan fingerprint density at radius 3 is 2.66 bits per heavy atom. The van der Waals surface area contributed by atoms with Crippen LogP contribution in [0, 0.1) is 13.8 Å². The summed E-state index contributed by atoms with van der Waals surface area (Å²) in [6.45, 7) is 9.11. The molecule has 1 amide bonds. The molecule has 5 rings (SSSR count). The molecule has 1 aliphatic heterocycles. The number of hydrogen-bond donors (Lipinski definition) is 2. The van der Waals surface area contributed by atoms with Gasteiger partial charge in [0.25, 0.3) is 5.91 Å². The number of amides is 1. The largest absolute Gasteiger partial charge is 0.456 e. The van der Waals surface area contributed by atoms with Gasteiger partial charge in [0.15, 0.2) is 0 Å². The van der Waals surface area contributed by atoms with Crippen LogP contribution in [0.25, 0.3) is 16.6 Å². The highest BCUT2D eigenvalue weighted by Crippen LogP contribution is 2.33. The van der Waals surface area contributed by atoms with Crippen molar-refractivity contribution in [3.8, 4) is 11.5 Å². The lowest BCUT2D eigenvalue weighted by Crippen LogP contribution is -2.23. The van der Waals surface area contributed by atoms with Gasteiger partial charge in [0.1, 0.15) is 17.1 Å². The Hall–Kier alpha value is -4.19. The Labute approximate surface area is 205 Å². The van der Waals surface area contributed by atoms with Crippen molar-refractivity contribution in [3.63, 3.8) is 0 Å². The second-order valence-electron chi connectivity index (χ2n) is 8.11. The Balaban J connectivity index is 0.00000141. The van der Waals surface area contributed by atoms with Crippen molar-refractivity contribution in [2.45, 2.75) is 34.2 Å². The zero-order valence-corrected chi connectivity index (χ0v) is 20.6. The van der Waals surface area contributed by atoms with Gasteiger partial charge in [0.05, 0.1) is 11.9 Å². The number of hydrogen-bond acceptors (Lipinski definition) is 4. The number of rotatable bonds is 6. The van der Waals surface area contributed by atoms with Crippen molar-refractivity contribution in [2.75, 3.05) is 6.54 Å². The monoisotopic (exact) mass is 466 g/mol. The summed E-state index contributed by atoms with van der Waals surface area (Å²) in [6, 6.07) is 17.5. The molecule has 2 aromatic heterocycles. The molecule has 6 nitrogen and oxygen atoms in total. The van der Waals surface area contributed by atoms with Gasteiger partial charge in [-0.2, -0.15) is 0 Å². The maximum atomic E-state index is 12.9. The summed E-state index contributed by atoms with van der Waals surface area (Å²) in [7, 11) is 0. The van der Waals surface area contributed by atoms with Crippen LogP contribution >= 0.6 is 0 Å². The molecule has 1 aliphatic rings. The van der Waals surface area contributed by atoms with Gasteiger partial charge in [-0.05, 0) is 43.7 Å². The van der Waals surface area contributed by atoms with Gasteiger partial charge >= 0.3 is 0 Å². The van der Waals surface area contributed by atoms with E-state index in [1.165, 1.54) is 5.56 Å². The van der Waals surface area contributed by atoms with Crippen LogP contribution < -0.4 is 10.1 Å². The first-order valence-electron chi connectivity index (χ1n) is 11.9. The summed E-state index contributed by atoms with van der Waals surface area (Å²) in [6.07, 6.45) is 5.63. The van der Waals surface area contributed by atoms with Crippen LogP contribution in [0.2, 0.25) is 0 Å². The number of carbonyl (C=O) groups excluding carboxylic acids is 1. The Bertz CT molecular complexity index is 1420. The highest BCUT2D eigenvalue weighted by atomic mass is 16.5. The van der Waals surface area contributed by atoms with E-state index in [0.717, 1.165) is 33.4 Å². The number of fused-ring (bicyclic) bond motifs is 1. The minimum Gasteiger partial charge on any atom is -0.456 e. The second kappa shape index (κ2) is 10.8. The van der Waals surface area contributed by atoms with E-state index in [-0.39, 0.29) is 5.91 Å². The van der Waals surface area contributed by atoms with Crippen LogP contribution in [0.15, 0.2) is 71.9 Å². The average molecular weight is 467 g/mol. The quantitative estimate of drug-likeness (QED) is 0.345. The number of carbonyl (C=O) groups is 1. The number of aryl methyl sites for hydroxylation is 1. The number of nitrogens with one attached hydrogen (secondary N) is 2. The number of allylic oxidation sites excluding steroid dienone is 1. The first-order valence-corrected chi connectivity index (χ1v) is 11.9. The molecule has 3 heterocycles. The predicted molar refractivity (Wildman–Crippen MR) is 142 cm³/mol. The smallest absolute Gasteiger partial charge is 0.251 e. The molecule has 0 bridgehead atoms. The fourth-order valence-electron chi connectivity index (χ4n) is 3.97. The van der Waals surface area contributed by atoms with Crippen LogP contribution in [0.3, 0.4) is 0 Å². The molecular weight excluding hydrogens is 436 g/mol. The average Bonchev–Trinajstić information content (AvgIpc) is 3.56. The van der Waals surface area contributed by atoms with E-state index in [1.807, 2.05) is 82.4 Å². The highest BCUT2D eigenvalue weighted by Gasteiger charge is 2.16. The number of benzene rings is 2. The SMILES string of the molecule is CC.Cc1cccc(CNC(=O)c2cccc(Oc3ccnc4[nH]c(C5=CCN=C5)cc34)c2C)c1. The third-order valence-electron chi connectivity index (χ3n) is 5.73. The number of aliphatic imine (C=N–C) groups is 1. The van der Waals surface area contributed by atoms with Gasteiger partial charge in [-0.25, -0.2) is 4.98 Å². The summed E-state index contributed by atoms with van der Waals surface area (Å²) in [4.78, 5) is 24.9. The van der Waals surface area contributed by atoms with Gasteiger partial charge in [-0.1, -0.05) is 55.8 Å². The summed E-state index contributed by atoms with van der Waals surface area (Å²) in [5.41, 5.74) is 6.35. The van der Waals surface area contributed by atoms with Crippen LogP contribution in [0.1, 0.15) is 46.6 Å². The van der Waals surface area contributed by atoms with Crippen LogP contribution in [-0.4, -0.2) is 28.6 Å². The van der Waals surface area contributed by atoms with E-state index in [9.17, 15) is 4.79 Å². The maximum Gasteiger partial charge on any atom is 0.251 e. The summed E-state index contributed by atoms with van der Waals surface area (Å²) < 4.78 is 6.27. The lowest BCUT2D eigenvalue weighted by Gasteiger charge is -2.13. The van der Waals surface area contributed by atoms with Crippen LogP contribution in [-0.2, 0) is 6.54 Å². The number of pyridine rings is 1. The van der Waals surface area contributed by atoms with Crippen molar-refractivity contribution < 1.29 is 9.53 Å². The normalized spacial score (nSPS) is 12.2. The molecule has 0 fully saturated rings. The van der Waals surface area contributed by atoms with E-state index < -0.39 is 0 Å². The number of H-pyrrole nitrogens is 1. The van der Waals surface area contributed by atoms with E-state index in [0.29, 0.717) is 30.2 Å². The topological polar surface area (TPSA) is 79.4 Å². The van der Waals surface area contributed by atoms with Crippen molar-refractivity contribution in [2.24, 2.45) is 4.99 Å². The Morgan fingerprint density at radius 2 is 1.89 bits per heavy atom. The summed E-state index contributed by atoms with van der Waals surface area (Å²) >= 11 is 0. The maximum absolute atomic E-state index is 12.9. The van der Waals surface area contributed by atoms with Crippen molar-refractivity contribution in [1.82, 2.24) is 15.3 Å². The minimum atomic E-state index is -0.129. The molecule has 2 N–H and O–H groups in total. The number of ether oxygens (including phenoxy) is 1. The van der Waals surface area contributed by atoms with Crippen molar-refractivity contribution in [1.29, 1.82) is 0 Å². The molecule has 4 aromatic rings. The predicted octanol–water partition coefficient (Wildman–Crippen LogP) is 6.40. The molecule has 0 unspecified atom stereocenters. The first kappa shape index (κ1) is 24.0. The lowest BCUT2D eigenvalue weighted by atomic mass is 10.1. The molecule has 0 saturated heterocycles. The van der Waals surface area contributed by atoms with E-state index in [1.54, 1.807) is 6.20 Å². The highest BCUT2D eigenvalue weighted by molar-refractivity contribution is 6.12. The van der Waals surface area contributed by atoms with Gasteiger partial charge < -0.3 is 15.0 Å². The van der Waals surface area contributed by atoms with Crippen LogP contribution in [0.5, 0.6) is 11.5 Å². The third-order valence-corrected chi connectivity index (χ3v) is 5.73. The third kappa shape index (κ3) is 5.32. The zero-order valence-electron chi connectivity index (χ0n) is 20.6. The molecule has 0 atom stereocenters. The van der Waals surface area contributed by atoms with E-state index in [2.05, 4.69) is 32.4 Å². The number of aromatic amines is 1. The summed E-state index contributed by atoms with van der Waals surface area (Å²) in [5.74, 6) is 1.18. The lowest BCUT2D eigenvalue weighted by molar-refractivity contribution is 0.0950. The summed E-state index contributed by atoms with van der Waals surface area (Å²) in [5, 5.41) is 3.89. The van der Waals surface area contributed by atoms with Gasteiger partial charge in [0.2, 0.25) is 0 Å². The van der Waals surface area contributed by atoms with Gasteiger partial charge in [-0.15, -0.1) is 0 Å². The molecule has 178 valence electrons. The zero-order chi connectivity index (χ0) is 24.8. The molecule has 2 aromatic carbocycles. The molecular formula is C29H30N4O2.